The van der Waals surface area contributed by atoms with E-state index in [9.17, 15) is 0 Å². The zero-order valence-corrected chi connectivity index (χ0v) is 13.4. The Balaban J connectivity index is 1.68. The molecule has 1 N–H and O–H groups in total. The number of furan rings is 1. The van der Waals surface area contributed by atoms with Crippen LogP contribution in [0.2, 0.25) is 0 Å². The van der Waals surface area contributed by atoms with Gasteiger partial charge in [-0.15, -0.1) is 0 Å². The molecule has 102 valence electrons. The van der Waals surface area contributed by atoms with Crippen molar-refractivity contribution in [2.75, 3.05) is 12.3 Å². The quantitative estimate of drug-likeness (QED) is 0.870. The molecular weight excluding hydrogens is 322 g/mol. The molecule has 0 aliphatic carbocycles. The first-order chi connectivity index (χ1) is 9.22. The van der Waals surface area contributed by atoms with Crippen LogP contribution in [0, 0.1) is 0 Å². The van der Waals surface area contributed by atoms with E-state index in [-0.39, 0.29) is 6.04 Å². The van der Waals surface area contributed by atoms with E-state index >= 15 is 0 Å². The summed E-state index contributed by atoms with van der Waals surface area (Å²) >= 11 is 5.58. The molecule has 0 radical (unpaired) electrons. The zero-order chi connectivity index (χ0) is 13.2. The van der Waals surface area contributed by atoms with Crippen molar-refractivity contribution in [3.63, 3.8) is 0 Å². The summed E-state index contributed by atoms with van der Waals surface area (Å²) in [5.74, 6) is 2.34. The molecule has 1 aromatic heterocycles. The number of benzene rings is 1. The monoisotopic (exact) mass is 339 g/mol. The van der Waals surface area contributed by atoms with Gasteiger partial charge in [0.05, 0.1) is 6.04 Å². The van der Waals surface area contributed by atoms with Gasteiger partial charge in [0.25, 0.3) is 0 Å². The van der Waals surface area contributed by atoms with Crippen molar-refractivity contribution >= 4 is 38.7 Å². The summed E-state index contributed by atoms with van der Waals surface area (Å²) in [6.45, 7) is 3.25. The molecule has 0 saturated carbocycles. The lowest BCUT2D eigenvalue weighted by molar-refractivity contribution is 0.450. The van der Waals surface area contributed by atoms with Gasteiger partial charge in [-0.3, -0.25) is 0 Å². The lowest BCUT2D eigenvalue weighted by atomic mass is 10.2. The van der Waals surface area contributed by atoms with Crippen LogP contribution < -0.4 is 5.32 Å². The second-order valence-electron chi connectivity index (χ2n) is 5.10. The number of thioether (sulfide) groups is 1. The Morgan fingerprint density at radius 1 is 1.47 bits per heavy atom. The Hall–Kier alpha value is -0.450. The maximum atomic E-state index is 5.91. The summed E-state index contributed by atoms with van der Waals surface area (Å²) in [7, 11) is 0. The fourth-order valence-electron chi connectivity index (χ4n) is 2.46. The van der Waals surface area contributed by atoms with E-state index in [4.69, 9.17) is 4.42 Å². The molecule has 1 aliphatic rings. The number of rotatable bonds is 4. The van der Waals surface area contributed by atoms with Gasteiger partial charge < -0.3 is 9.73 Å². The number of fused-ring (bicyclic) bond motifs is 1. The highest BCUT2D eigenvalue weighted by Gasteiger charge is 2.17. The van der Waals surface area contributed by atoms with Crippen LogP contribution in [0.3, 0.4) is 0 Å². The number of hydrogen-bond acceptors (Lipinski definition) is 3. The van der Waals surface area contributed by atoms with Gasteiger partial charge in [0.2, 0.25) is 0 Å². The van der Waals surface area contributed by atoms with Crippen molar-refractivity contribution in [2.24, 2.45) is 0 Å². The van der Waals surface area contributed by atoms with Crippen LogP contribution in [0.1, 0.15) is 31.6 Å². The van der Waals surface area contributed by atoms with E-state index in [1.54, 1.807) is 0 Å². The minimum atomic E-state index is 0.271. The molecular formula is C15H18BrNOS. The Kier molecular flexibility index (Phi) is 4.20. The molecule has 2 unspecified atom stereocenters. The molecule has 1 fully saturated rings. The summed E-state index contributed by atoms with van der Waals surface area (Å²) in [6, 6.07) is 8.54. The van der Waals surface area contributed by atoms with Crippen LogP contribution in [0.15, 0.2) is 33.2 Å². The molecule has 2 nitrogen and oxygen atoms in total. The molecule has 4 heteroatoms. The fraction of sp³-hybridized carbons (Fsp3) is 0.467. The van der Waals surface area contributed by atoms with Gasteiger partial charge in [-0.25, -0.2) is 0 Å². The Labute approximate surface area is 126 Å². The Morgan fingerprint density at radius 3 is 3.16 bits per heavy atom. The average molecular weight is 340 g/mol. The van der Waals surface area contributed by atoms with Gasteiger partial charge >= 0.3 is 0 Å². The molecule has 1 saturated heterocycles. The second kappa shape index (κ2) is 5.90. The smallest absolute Gasteiger partial charge is 0.134 e. The molecule has 0 bridgehead atoms. The standard InChI is InChI=1S/C15H18BrNOS/c1-10(17-9-13-3-2-6-19-13)15-8-11-7-12(16)4-5-14(11)18-15/h4-5,7-8,10,13,17H,2-3,6,9H2,1H3. The Bertz CT molecular complexity index is 562. The van der Waals surface area contributed by atoms with Gasteiger partial charge in [-0.2, -0.15) is 11.8 Å². The first kappa shape index (κ1) is 13.5. The summed E-state index contributed by atoms with van der Waals surface area (Å²) in [5.41, 5.74) is 0.960. The van der Waals surface area contributed by atoms with Gasteiger partial charge in [-0.1, -0.05) is 15.9 Å². The molecule has 3 rings (SSSR count). The van der Waals surface area contributed by atoms with E-state index in [0.29, 0.717) is 0 Å². The maximum absolute atomic E-state index is 5.91. The summed E-state index contributed by atoms with van der Waals surface area (Å²) in [4.78, 5) is 0. The highest BCUT2D eigenvalue weighted by Crippen LogP contribution is 2.28. The first-order valence-corrected chi connectivity index (χ1v) is 8.60. The van der Waals surface area contributed by atoms with E-state index in [1.807, 2.05) is 12.1 Å². The van der Waals surface area contributed by atoms with Crippen molar-refractivity contribution in [3.8, 4) is 0 Å². The van der Waals surface area contributed by atoms with Crippen molar-refractivity contribution in [2.45, 2.75) is 31.1 Å². The second-order valence-corrected chi connectivity index (χ2v) is 7.42. The van der Waals surface area contributed by atoms with E-state index < -0.39 is 0 Å². The third-order valence-electron chi connectivity index (χ3n) is 3.60. The molecule has 2 atom stereocenters. The van der Waals surface area contributed by atoms with Crippen LogP contribution in [0.25, 0.3) is 11.0 Å². The van der Waals surface area contributed by atoms with Gasteiger partial charge in [0, 0.05) is 21.7 Å². The van der Waals surface area contributed by atoms with Crippen molar-refractivity contribution in [1.29, 1.82) is 0 Å². The third kappa shape index (κ3) is 3.18. The van der Waals surface area contributed by atoms with Gasteiger partial charge in [0.1, 0.15) is 11.3 Å². The SMILES string of the molecule is CC(NCC1CCCS1)c1cc2cc(Br)ccc2o1. The van der Waals surface area contributed by atoms with Gasteiger partial charge in [0.15, 0.2) is 0 Å². The zero-order valence-electron chi connectivity index (χ0n) is 11.0. The van der Waals surface area contributed by atoms with E-state index in [2.05, 4.69) is 52.1 Å². The van der Waals surface area contributed by atoms with Crippen LogP contribution in [0.5, 0.6) is 0 Å². The molecule has 0 amide bonds. The molecule has 2 aromatic rings. The summed E-state index contributed by atoms with van der Waals surface area (Å²) in [5, 5.41) is 5.53. The van der Waals surface area contributed by atoms with Gasteiger partial charge in [-0.05, 0) is 49.8 Å². The highest BCUT2D eigenvalue weighted by atomic mass is 79.9. The van der Waals surface area contributed by atoms with Crippen LogP contribution in [-0.2, 0) is 0 Å². The lowest BCUT2D eigenvalue weighted by Crippen LogP contribution is -2.25. The minimum Gasteiger partial charge on any atom is -0.459 e. The van der Waals surface area contributed by atoms with Crippen molar-refractivity contribution in [3.05, 3.63) is 34.5 Å². The minimum absolute atomic E-state index is 0.271. The third-order valence-corrected chi connectivity index (χ3v) is 5.49. The van der Waals surface area contributed by atoms with Crippen molar-refractivity contribution in [1.82, 2.24) is 5.32 Å². The highest BCUT2D eigenvalue weighted by molar-refractivity contribution is 9.10. The molecule has 2 heterocycles. The normalized spacial score (nSPS) is 21.1. The topological polar surface area (TPSA) is 25.2 Å². The van der Waals surface area contributed by atoms with Crippen LogP contribution >= 0.6 is 27.7 Å². The lowest BCUT2D eigenvalue weighted by Gasteiger charge is -2.14. The molecule has 19 heavy (non-hydrogen) atoms. The molecule has 1 aromatic carbocycles. The van der Waals surface area contributed by atoms with E-state index in [0.717, 1.165) is 33.0 Å². The number of hydrogen-bond donors (Lipinski definition) is 1. The maximum Gasteiger partial charge on any atom is 0.134 e. The predicted molar refractivity (Wildman–Crippen MR) is 85.8 cm³/mol. The van der Waals surface area contributed by atoms with Crippen LogP contribution in [0.4, 0.5) is 0 Å². The fourth-order valence-corrected chi connectivity index (χ4v) is 4.06. The van der Waals surface area contributed by atoms with E-state index in [1.165, 1.54) is 18.6 Å². The molecule has 0 spiro atoms. The Morgan fingerprint density at radius 2 is 2.37 bits per heavy atom. The summed E-state index contributed by atoms with van der Waals surface area (Å²) in [6.07, 6.45) is 2.71. The largest absolute Gasteiger partial charge is 0.459 e. The van der Waals surface area contributed by atoms with Crippen LogP contribution in [-0.4, -0.2) is 17.5 Å². The molecule has 1 aliphatic heterocycles. The summed E-state index contributed by atoms with van der Waals surface area (Å²) < 4.78 is 7.00. The predicted octanol–water partition coefficient (Wildman–Crippen LogP) is 4.74. The average Bonchev–Trinajstić information content (AvgIpc) is 3.04. The number of halogens is 1. The van der Waals surface area contributed by atoms with Crippen molar-refractivity contribution < 1.29 is 4.42 Å². The number of nitrogens with one attached hydrogen (secondary N) is 1. The first-order valence-electron chi connectivity index (χ1n) is 6.76.